The number of aromatic nitrogens is 2. The molecule has 0 bridgehead atoms. The molecule has 7 nitrogen and oxygen atoms in total. The Kier molecular flexibility index (Phi) is 5.53. The van der Waals surface area contributed by atoms with Crippen LogP contribution >= 0.6 is 11.3 Å². The first kappa shape index (κ1) is 19.8. The SMILES string of the molecule is CN1CCN(c2cc(-c3nc(-c4cccc(NS(C)(=O)=O)c4)cs3)ccn2)CC1. The molecule has 0 amide bonds. The highest BCUT2D eigenvalue weighted by Crippen LogP contribution is 2.31. The van der Waals surface area contributed by atoms with Crippen molar-refractivity contribution >= 4 is 32.9 Å². The fourth-order valence-corrected chi connectivity index (χ4v) is 4.64. The number of likely N-dealkylation sites (N-methyl/N-ethyl adjacent to an activating group) is 1. The van der Waals surface area contributed by atoms with Crippen molar-refractivity contribution in [3.63, 3.8) is 0 Å². The van der Waals surface area contributed by atoms with Crippen molar-refractivity contribution in [2.75, 3.05) is 49.1 Å². The van der Waals surface area contributed by atoms with Crippen LogP contribution in [0, 0.1) is 0 Å². The molecule has 0 atom stereocenters. The molecule has 3 heterocycles. The van der Waals surface area contributed by atoms with Gasteiger partial charge in [0.05, 0.1) is 11.9 Å². The molecule has 9 heteroatoms. The lowest BCUT2D eigenvalue weighted by Crippen LogP contribution is -2.44. The highest BCUT2D eigenvalue weighted by Gasteiger charge is 2.16. The number of nitrogens with one attached hydrogen (secondary N) is 1. The van der Waals surface area contributed by atoms with Gasteiger partial charge in [-0.1, -0.05) is 12.1 Å². The van der Waals surface area contributed by atoms with Crippen molar-refractivity contribution < 1.29 is 8.42 Å². The van der Waals surface area contributed by atoms with Gasteiger partial charge in [-0.25, -0.2) is 18.4 Å². The molecule has 1 aliphatic heterocycles. The number of hydrogen-bond donors (Lipinski definition) is 1. The summed E-state index contributed by atoms with van der Waals surface area (Å²) in [5.41, 5.74) is 3.26. The maximum absolute atomic E-state index is 11.5. The topological polar surface area (TPSA) is 78.4 Å². The van der Waals surface area contributed by atoms with Crippen molar-refractivity contribution in [1.82, 2.24) is 14.9 Å². The second-order valence-electron chi connectivity index (χ2n) is 7.19. The van der Waals surface area contributed by atoms with Crippen LogP contribution in [0.1, 0.15) is 0 Å². The average Bonchev–Trinajstić information content (AvgIpc) is 3.18. The maximum Gasteiger partial charge on any atom is 0.229 e. The summed E-state index contributed by atoms with van der Waals surface area (Å²) in [6.07, 6.45) is 2.97. The van der Waals surface area contributed by atoms with Crippen LogP contribution in [0.3, 0.4) is 0 Å². The summed E-state index contributed by atoms with van der Waals surface area (Å²) < 4.78 is 25.5. The van der Waals surface area contributed by atoms with Crippen molar-refractivity contribution in [2.24, 2.45) is 0 Å². The van der Waals surface area contributed by atoms with Crippen molar-refractivity contribution in [3.8, 4) is 21.8 Å². The zero-order chi connectivity index (χ0) is 20.4. The largest absolute Gasteiger partial charge is 0.354 e. The van der Waals surface area contributed by atoms with E-state index in [1.54, 1.807) is 23.5 Å². The number of nitrogens with zero attached hydrogens (tertiary/aromatic N) is 4. The van der Waals surface area contributed by atoms with E-state index in [-0.39, 0.29) is 0 Å². The van der Waals surface area contributed by atoms with Gasteiger partial charge in [0.2, 0.25) is 10.0 Å². The Morgan fingerprint density at radius 1 is 1.07 bits per heavy atom. The molecule has 0 saturated carbocycles. The number of hydrogen-bond acceptors (Lipinski definition) is 7. The molecule has 1 aliphatic rings. The van der Waals surface area contributed by atoms with Gasteiger partial charge in [0.25, 0.3) is 0 Å². The van der Waals surface area contributed by atoms with E-state index in [0.717, 1.165) is 60.1 Å². The molecule has 3 aromatic rings. The molecule has 152 valence electrons. The lowest BCUT2D eigenvalue weighted by atomic mass is 10.1. The van der Waals surface area contributed by atoms with Gasteiger partial charge in [0.1, 0.15) is 10.8 Å². The summed E-state index contributed by atoms with van der Waals surface area (Å²) in [5, 5.41) is 2.91. The molecule has 29 heavy (non-hydrogen) atoms. The second kappa shape index (κ2) is 8.10. The van der Waals surface area contributed by atoms with Crippen LogP contribution in [-0.4, -0.2) is 62.8 Å². The standard InChI is InChI=1S/C20H23N5O2S2/c1-24-8-10-25(11-9-24)19-13-16(6-7-21-19)20-22-18(14-28-20)15-4-3-5-17(12-15)23-29(2,26)27/h3-7,12-14,23H,8-11H2,1-2H3. The smallest absolute Gasteiger partial charge is 0.229 e. The van der Waals surface area contributed by atoms with Gasteiger partial charge >= 0.3 is 0 Å². The fraction of sp³-hybridized carbons (Fsp3) is 0.300. The molecule has 2 aromatic heterocycles. The molecular formula is C20H23N5O2S2. The summed E-state index contributed by atoms with van der Waals surface area (Å²) in [4.78, 5) is 13.9. The van der Waals surface area contributed by atoms with Gasteiger partial charge in [0.15, 0.2) is 0 Å². The lowest BCUT2D eigenvalue weighted by Gasteiger charge is -2.33. The minimum Gasteiger partial charge on any atom is -0.354 e. The molecule has 1 N–H and O–H groups in total. The van der Waals surface area contributed by atoms with Crippen molar-refractivity contribution in [3.05, 3.63) is 48.0 Å². The number of pyridine rings is 1. The Morgan fingerprint density at radius 3 is 2.62 bits per heavy atom. The maximum atomic E-state index is 11.5. The first-order valence-electron chi connectivity index (χ1n) is 9.31. The zero-order valence-corrected chi connectivity index (χ0v) is 18.0. The van der Waals surface area contributed by atoms with Crippen molar-refractivity contribution in [2.45, 2.75) is 0 Å². The molecule has 4 rings (SSSR count). The molecule has 0 unspecified atom stereocenters. The second-order valence-corrected chi connectivity index (χ2v) is 9.79. The molecule has 1 aromatic carbocycles. The third-order valence-corrected chi connectivity index (χ3v) is 6.28. The fourth-order valence-electron chi connectivity index (χ4n) is 3.25. The predicted molar refractivity (Wildman–Crippen MR) is 119 cm³/mol. The van der Waals surface area contributed by atoms with Crippen LogP contribution in [0.25, 0.3) is 21.8 Å². The summed E-state index contributed by atoms with van der Waals surface area (Å²) in [6, 6.07) is 11.3. The van der Waals surface area contributed by atoms with E-state index in [1.807, 2.05) is 29.8 Å². The van der Waals surface area contributed by atoms with Crippen LogP contribution < -0.4 is 9.62 Å². The van der Waals surface area contributed by atoms with E-state index < -0.39 is 10.0 Å². The van der Waals surface area contributed by atoms with Gasteiger partial charge in [-0.05, 0) is 31.3 Å². The number of benzene rings is 1. The van der Waals surface area contributed by atoms with Crippen LogP contribution in [0.2, 0.25) is 0 Å². The number of anilines is 2. The summed E-state index contributed by atoms with van der Waals surface area (Å²) in [6.45, 7) is 4.00. The van der Waals surface area contributed by atoms with Gasteiger partial charge in [0, 0.05) is 54.6 Å². The molecular weight excluding hydrogens is 406 g/mol. The quantitative estimate of drug-likeness (QED) is 0.672. The Hall–Kier alpha value is -2.49. The normalized spacial score (nSPS) is 15.4. The third-order valence-electron chi connectivity index (χ3n) is 4.79. The molecule has 0 radical (unpaired) electrons. The molecule has 1 saturated heterocycles. The number of rotatable bonds is 5. The predicted octanol–water partition coefficient (Wildman–Crippen LogP) is 3.00. The van der Waals surface area contributed by atoms with Crippen LogP contribution in [0.5, 0.6) is 0 Å². The van der Waals surface area contributed by atoms with Crippen LogP contribution in [0.4, 0.5) is 11.5 Å². The van der Waals surface area contributed by atoms with Crippen molar-refractivity contribution in [1.29, 1.82) is 0 Å². The first-order chi connectivity index (χ1) is 13.9. The number of thiazole rings is 1. The first-order valence-corrected chi connectivity index (χ1v) is 12.1. The van der Waals surface area contributed by atoms with E-state index in [2.05, 4.69) is 32.6 Å². The Bertz CT molecular complexity index is 1110. The minimum atomic E-state index is -3.32. The lowest BCUT2D eigenvalue weighted by molar-refractivity contribution is 0.312. The monoisotopic (exact) mass is 429 g/mol. The molecule has 0 spiro atoms. The summed E-state index contributed by atoms with van der Waals surface area (Å²) >= 11 is 1.57. The zero-order valence-electron chi connectivity index (χ0n) is 16.4. The van der Waals surface area contributed by atoms with Gasteiger partial charge in [-0.2, -0.15) is 0 Å². The van der Waals surface area contributed by atoms with E-state index in [1.165, 1.54) is 0 Å². The van der Waals surface area contributed by atoms with E-state index in [0.29, 0.717) is 5.69 Å². The summed E-state index contributed by atoms with van der Waals surface area (Å²) in [7, 11) is -1.18. The van der Waals surface area contributed by atoms with E-state index >= 15 is 0 Å². The molecule has 1 fully saturated rings. The van der Waals surface area contributed by atoms with Crippen LogP contribution in [0.15, 0.2) is 48.0 Å². The van der Waals surface area contributed by atoms with Gasteiger partial charge in [-0.3, -0.25) is 4.72 Å². The van der Waals surface area contributed by atoms with Gasteiger partial charge in [-0.15, -0.1) is 11.3 Å². The molecule has 0 aliphatic carbocycles. The van der Waals surface area contributed by atoms with E-state index in [4.69, 9.17) is 4.98 Å². The Morgan fingerprint density at radius 2 is 1.86 bits per heavy atom. The number of piperazine rings is 1. The summed E-state index contributed by atoms with van der Waals surface area (Å²) in [5.74, 6) is 0.978. The Balaban J connectivity index is 1.57. The van der Waals surface area contributed by atoms with Gasteiger partial charge < -0.3 is 9.80 Å². The Labute approximate surface area is 175 Å². The van der Waals surface area contributed by atoms with E-state index in [9.17, 15) is 8.42 Å². The third kappa shape index (κ3) is 4.92. The highest BCUT2D eigenvalue weighted by molar-refractivity contribution is 7.92. The average molecular weight is 430 g/mol. The highest BCUT2D eigenvalue weighted by atomic mass is 32.2. The minimum absolute atomic E-state index is 0.529. The number of sulfonamides is 1. The van der Waals surface area contributed by atoms with Crippen LogP contribution in [-0.2, 0) is 10.0 Å².